The van der Waals surface area contributed by atoms with Gasteiger partial charge >= 0.3 is 0 Å². The molecule has 0 amide bonds. The van der Waals surface area contributed by atoms with E-state index in [-0.39, 0.29) is 0 Å². The van der Waals surface area contributed by atoms with Crippen molar-refractivity contribution in [3.8, 4) is 11.3 Å². The molecule has 0 aliphatic rings. The fraction of sp³-hybridized carbons (Fsp3) is 0.333. The number of benzene rings is 1. The minimum atomic E-state index is 0.957. The van der Waals surface area contributed by atoms with Crippen LogP contribution in [-0.4, -0.2) is 23.6 Å². The molecule has 1 heterocycles. The van der Waals surface area contributed by atoms with Gasteiger partial charge in [0.05, 0.1) is 17.1 Å². The van der Waals surface area contributed by atoms with E-state index in [0.717, 1.165) is 29.2 Å². The van der Waals surface area contributed by atoms with E-state index in [1.54, 1.807) is 0 Å². The Balaban J connectivity index is 2.44. The van der Waals surface area contributed by atoms with Gasteiger partial charge < -0.3 is 4.90 Å². The van der Waals surface area contributed by atoms with Gasteiger partial charge in [0.15, 0.2) is 0 Å². The van der Waals surface area contributed by atoms with Crippen molar-refractivity contribution in [1.29, 1.82) is 0 Å². The highest BCUT2D eigenvalue weighted by Crippen LogP contribution is 2.24. The Bertz CT molecular complexity index is 549. The lowest BCUT2D eigenvalue weighted by molar-refractivity contribution is 0.968. The van der Waals surface area contributed by atoms with E-state index in [2.05, 4.69) is 53.1 Å². The number of hydrogen-bond donors (Lipinski definition) is 0. The van der Waals surface area contributed by atoms with Gasteiger partial charge in [0.2, 0.25) is 0 Å². The molecule has 3 nitrogen and oxygen atoms in total. The molecule has 1 aromatic heterocycles. The summed E-state index contributed by atoms with van der Waals surface area (Å²) in [4.78, 5) is 11.2. The summed E-state index contributed by atoms with van der Waals surface area (Å²) in [5.74, 6) is 0. The molecular formula is C15H19N3. The molecule has 2 rings (SSSR count). The Morgan fingerprint density at radius 2 is 2.00 bits per heavy atom. The molecule has 0 spiro atoms. The van der Waals surface area contributed by atoms with Crippen LogP contribution in [-0.2, 0) is 0 Å². The Labute approximate surface area is 109 Å². The smallest absolute Gasteiger partial charge is 0.0915 e. The van der Waals surface area contributed by atoms with Crippen LogP contribution in [0.2, 0.25) is 0 Å². The topological polar surface area (TPSA) is 29.0 Å². The molecule has 0 radical (unpaired) electrons. The van der Waals surface area contributed by atoms with E-state index >= 15 is 0 Å². The normalized spacial score (nSPS) is 10.4. The van der Waals surface area contributed by atoms with Crippen molar-refractivity contribution in [3.63, 3.8) is 0 Å². The molecule has 0 aliphatic carbocycles. The van der Waals surface area contributed by atoms with Crippen molar-refractivity contribution in [2.24, 2.45) is 0 Å². The highest BCUT2D eigenvalue weighted by atomic mass is 15.1. The van der Waals surface area contributed by atoms with Gasteiger partial charge in [-0.15, -0.1) is 0 Å². The summed E-state index contributed by atoms with van der Waals surface area (Å²) in [6, 6.07) is 8.43. The van der Waals surface area contributed by atoms with Crippen LogP contribution in [0, 0.1) is 13.8 Å². The predicted molar refractivity (Wildman–Crippen MR) is 75.9 cm³/mol. The quantitative estimate of drug-likeness (QED) is 0.826. The van der Waals surface area contributed by atoms with Crippen LogP contribution in [0.25, 0.3) is 11.3 Å². The fourth-order valence-electron chi connectivity index (χ4n) is 1.95. The van der Waals surface area contributed by atoms with Crippen molar-refractivity contribution in [3.05, 3.63) is 41.9 Å². The molecule has 0 aliphatic heterocycles. The lowest BCUT2D eigenvalue weighted by Crippen LogP contribution is -2.15. The second-order valence-corrected chi connectivity index (χ2v) is 4.51. The van der Waals surface area contributed by atoms with E-state index in [9.17, 15) is 0 Å². The summed E-state index contributed by atoms with van der Waals surface area (Å²) in [6.07, 6.45) is 1.82. The molecule has 3 heteroatoms. The van der Waals surface area contributed by atoms with Gasteiger partial charge in [-0.2, -0.15) is 0 Å². The van der Waals surface area contributed by atoms with Gasteiger partial charge in [-0.1, -0.05) is 12.1 Å². The standard InChI is InChI=1S/C15H19N3/c1-5-18(4)14-8-6-7-13(9-14)15-12(3)17-11(2)10-16-15/h6-10H,5H2,1-4H3. The van der Waals surface area contributed by atoms with E-state index in [4.69, 9.17) is 0 Å². The highest BCUT2D eigenvalue weighted by molar-refractivity contribution is 5.67. The lowest BCUT2D eigenvalue weighted by Gasteiger charge is -2.17. The van der Waals surface area contributed by atoms with Crippen LogP contribution in [0.5, 0.6) is 0 Å². The molecule has 18 heavy (non-hydrogen) atoms. The van der Waals surface area contributed by atoms with Crippen LogP contribution in [0.1, 0.15) is 18.3 Å². The fourth-order valence-corrected chi connectivity index (χ4v) is 1.95. The molecule has 0 bridgehead atoms. The van der Waals surface area contributed by atoms with Gasteiger partial charge in [-0.3, -0.25) is 9.97 Å². The second-order valence-electron chi connectivity index (χ2n) is 4.51. The largest absolute Gasteiger partial charge is 0.375 e. The summed E-state index contributed by atoms with van der Waals surface area (Å²) in [5, 5.41) is 0. The van der Waals surface area contributed by atoms with E-state index in [0.29, 0.717) is 0 Å². The van der Waals surface area contributed by atoms with Crippen LogP contribution < -0.4 is 4.90 Å². The van der Waals surface area contributed by atoms with Crippen molar-refractivity contribution < 1.29 is 0 Å². The summed E-state index contributed by atoms with van der Waals surface area (Å²) in [7, 11) is 2.09. The number of aryl methyl sites for hydroxylation is 2. The third-order valence-corrected chi connectivity index (χ3v) is 3.10. The Hall–Kier alpha value is -1.90. The van der Waals surface area contributed by atoms with Crippen molar-refractivity contribution in [2.45, 2.75) is 20.8 Å². The van der Waals surface area contributed by atoms with Crippen molar-refractivity contribution >= 4 is 5.69 Å². The zero-order valence-electron chi connectivity index (χ0n) is 11.4. The Morgan fingerprint density at radius 1 is 1.22 bits per heavy atom. The zero-order valence-corrected chi connectivity index (χ0v) is 11.4. The maximum atomic E-state index is 4.49. The first-order chi connectivity index (χ1) is 8.61. The molecular weight excluding hydrogens is 222 g/mol. The number of rotatable bonds is 3. The molecule has 0 N–H and O–H groups in total. The average Bonchev–Trinajstić information content (AvgIpc) is 2.38. The van der Waals surface area contributed by atoms with Crippen molar-refractivity contribution in [2.75, 3.05) is 18.5 Å². The third kappa shape index (κ3) is 2.50. The minimum absolute atomic E-state index is 0.957. The summed E-state index contributed by atoms with van der Waals surface area (Å²) < 4.78 is 0. The maximum absolute atomic E-state index is 4.49. The Kier molecular flexibility index (Phi) is 3.60. The van der Waals surface area contributed by atoms with E-state index in [1.165, 1.54) is 5.69 Å². The first kappa shape index (κ1) is 12.6. The van der Waals surface area contributed by atoms with Gasteiger partial charge in [0, 0.05) is 31.0 Å². The molecule has 0 unspecified atom stereocenters. The molecule has 0 fully saturated rings. The van der Waals surface area contributed by atoms with E-state index in [1.807, 2.05) is 20.0 Å². The first-order valence-corrected chi connectivity index (χ1v) is 6.23. The number of hydrogen-bond acceptors (Lipinski definition) is 3. The second kappa shape index (κ2) is 5.17. The predicted octanol–water partition coefficient (Wildman–Crippen LogP) is 3.22. The zero-order chi connectivity index (χ0) is 13.1. The van der Waals surface area contributed by atoms with Crippen LogP contribution in [0.4, 0.5) is 5.69 Å². The third-order valence-electron chi connectivity index (χ3n) is 3.10. The average molecular weight is 241 g/mol. The molecule has 2 aromatic rings. The number of nitrogens with zero attached hydrogens (tertiary/aromatic N) is 3. The molecule has 0 saturated heterocycles. The van der Waals surface area contributed by atoms with Crippen LogP contribution in [0.15, 0.2) is 30.5 Å². The first-order valence-electron chi connectivity index (χ1n) is 6.23. The number of aromatic nitrogens is 2. The minimum Gasteiger partial charge on any atom is -0.375 e. The molecule has 94 valence electrons. The van der Waals surface area contributed by atoms with Gasteiger partial charge in [0.1, 0.15) is 0 Å². The molecule has 0 saturated carbocycles. The maximum Gasteiger partial charge on any atom is 0.0915 e. The monoisotopic (exact) mass is 241 g/mol. The summed E-state index contributed by atoms with van der Waals surface area (Å²) >= 11 is 0. The van der Waals surface area contributed by atoms with Gasteiger partial charge in [-0.25, -0.2) is 0 Å². The molecule has 0 atom stereocenters. The van der Waals surface area contributed by atoms with Crippen LogP contribution in [0.3, 0.4) is 0 Å². The summed E-state index contributed by atoms with van der Waals surface area (Å²) in [5.41, 5.74) is 5.23. The Morgan fingerprint density at radius 3 is 2.67 bits per heavy atom. The number of anilines is 1. The highest BCUT2D eigenvalue weighted by Gasteiger charge is 2.07. The van der Waals surface area contributed by atoms with E-state index < -0.39 is 0 Å². The van der Waals surface area contributed by atoms with Gasteiger partial charge in [0.25, 0.3) is 0 Å². The lowest BCUT2D eigenvalue weighted by atomic mass is 10.1. The van der Waals surface area contributed by atoms with Gasteiger partial charge in [-0.05, 0) is 32.9 Å². The van der Waals surface area contributed by atoms with Crippen LogP contribution >= 0.6 is 0 Å². The van der Waals surface area contributed by atoms with Crippen molar-refractivity contribution in [1.82, 2.24) is 9.97 Å². The molecule has 1 aromatic carbocycles. The SMILES string of the molecule is CCN(C)c1cccc(-c2ncc(C)nc2C)c1. The summed E-state index contributed by atoms with van der Waals surface area (Å²) in [6.45, 7) is 7.10.